The summed E-state index contributed by atoms with van der Waals surface area (Å²) in [4.78, 5) is 26.7. The highest BCUT2D eigenvalue weighted by atomic mass is 16.2. The van der Waals surface area contributed by atoms with Gasteiger partial charge in [-0.2, -0.15) is 0 Å². The summed E-state index contributed by atoms with van der Waals surface area (Å²) >= 11 is 0. The van der Waals surface area contributed by atoms with Crippen LogP contribution in [-0.4, -0.2) is 42.3 Å². The molecule has 1 aromatic rings. The number of hydrogen-bond acceptors (Lipinski definition) is 3. The number of amides is 1. The predicted molar refractivity (Wildman–Crippen MR) is 107 cm³/mol. The number of unbranched alkanes of at least 4 members (excludes halogenated alkanes) is 1. The first-order valence-electron chi connectivity index (χ1n) is 10.1. The Bertz CT molecular complexity index is 612. The molecule has 4 nitrogen and oxygen atoms in total. The SMILES string of the molecule is Cc1ccc(C(=O)CCC(=O)NCCCCN2CCCCC2C)cc1C. The topological polar surface area (TPSA) is 49.4 Å². The number of aryl methyl sites for hydroxylation is 2. The lowest BCUT2D eigenvalue weighted by Gasteiger charge is -2.33. The standard InChI is InChI=1S/C22H34N2O2/c1-17-9-10-20(16-18(17)2)21(25)11-12-22(26)23-13-5-7-15-24-14-6-4-8-19(24)3/h9-10,16,19H,4-8,11-15H2,1-3H3,(H,23,26). The number of Topliss-reactive ketones (excluding diaryl/α,β-unsaturated/α-hetero) is 1. The van der Waals surface area contributed by atoms with E-state index in [-0.39, 0.29) is 24.5 Å². The van der Waals surface area contributed by atoms with Gasteiger partial charge in [0.25, 0.3) is 0 Å². The van der Waals surface area contributed by atoms with Crippen molar-refractivity contribution in [3.8, 4) is 0 Å². The first kappa shape index (κ1) is 20.6. The van der Waals surface area contributed by atoms with Crippen LogP contribution in [0.5, 0.6) is 0 Å². The molecular formula is C22H34N2O2. The van der Waals surface area contributed by atoms with E-state index in [0.717, 1.165) is 24.9 Å². The van der Waals surface area contributed by atoms with E-state index < -0.39 is 0 Å². The second-order valence-electron chi connectivity index (χ2n) is 7.66. The Morgan fingerprint density at radius 3 is 2.65 bits per heavy atom. The van der Waals surface area contributed by atoms with E-state index in [9.17, 15) is 9.59 Å². The van der Waals surface area contributed by atoms with Gasteiger partial charge in [0.15, 0.2) is 5.78 Å². The van der Waals surface area contributed by atoms with Crippen molar-refractivity contribution in [2.45, 2.75) is 71.8 Å². The lowest BCUT2D eigenvalue weighted by molar-refractivity contribution is -0.121. The van der Waals surface area contributed by atoms with Crippen molar-refractivity contribution in [2.75, 3.05) is 19.6 Å². The molecule has 0 radical (unpaired) electrons. The fraction of sp³-hybridized carbons (Fsp3) is 0.636. The molecule has 0 saturated carbocycles. The molecule has 1 fully saturated rings. The maximum Gasteiger partial charge on any atom is 0.220 e. The van der Waals surface area contributed by atoms with Gasteiger partial charge in [-0.3, -0.25) is 9.59 Å². The molecule has 1 saturated heterocycles. The Hall–Kier alpha value is -1.68. The van der Waals surface area contributed by atoms with Gasteiger partial charge in [0, 0.05) is 31.0 Å². The second-order valence-corrected chi connectivity index (χ2v) is 7.66. The lowest BCUT2D eigenvalue weighted by Crippen LogP contribution is -2.38. The number of carbonyl (C=O) groups excluding carboxylic acids is 2. The van der Waals surface area contributed by atoms with Crippen LogP contribution in [-0.2, 0) is 4.79 Å². The molecule has 1 aromatic carbocycles. The van der Waals surface area contributed by atoms with Crippen molar-refractivity contribution in [1.82, 2.24) is 10.2 Å². The molecule has 1 amide bonds. The number of carbonyl (C=O) groups is 2. The van der Waals surface area contributed by atoms with Crippen molar-refractivity contribution < 1.29 is 9.59 Å². The van der Waals surface area contributed by atoms with E-state index in [2.05, 4.69) is 17.1 Å². The molecule has 1 aliphatic heterocycles. The summed E-state index contributed by atoms with van der Waals surface area (Å²) in [6.45, 7) is 9.40. The molecule has 1 unspecified atom stereocenters. The first-order chi connectivity index (χ1) is 12.5. The molecule has 0 aliphatic carbocycles. The highest BCUT2D eigenvalue weighted by Gasteiger charge is 2.17. The van der Waals surface area contributed by atoms with Crippen LogP contribution in [0.25, 0.3) is 0 Å². The van der Waals surface area contributed by atoms with Gasteiger partial charge < -0.3 is 10.2 Å². The number of hydrogen-bond donors (Lipinski definition) is 1. The first-order valence-corrected chi connectivity index (χ1v) is 10.1. The minimum atomic E-state index is -0.0199. The summed E-state index contributed by atoms with van der Waals surface area (Å²) in [6.07, 6.45) is 6.65. The molecule has 0 spiro atoms. The molecule has 0 aromatic heterocycles. The third-order valence-electron chi connectivity index (χ3n) is 5.54. The Kier molecular flexibility index (Phi) is 8.30. The minimum absolute atomic E-state index is 0.0199. The van der Waals surface area contributed by atoms with Gasteiger partial charge in [-0.1, -0.05) is 18.6 Å². The molecule has 0 bridgehead atoms. The molecule has 1 aliphatic rings. The van der Waals surface area contributed by atoms with Crippen molar-refractivity contribution in [3.05, 3.63) is 34.9 Å². The fourth-order valence-electron chi connectivity index (χ4n) is 3.53. The smallest absolute Gasteiger partial charge is 0.220 e. The van der Waals surface area contributed by atoms with Gasteiger partial charge in [-0.25, -0.2) is 0 Å². The van der Waals surface area contributed by atoms with Gasteiger partial charge in [-0.05, 0) is 76.7 Å². The average Bonchev–Trinajstić information content (AvgIpc) is 2.63. The number of nitrogens with one attached hydrogen (secondary N) is 1. The fourth-order valence-corrected chi connectivity index (χ4v) is 3.53. The molecule has 1 heterocycles. The van der Waals surface area contributed by atoms with Crippen LogP contribution in [0.15, 0.2) is 18.2 Å². The van der Waals surface area contributed by atoms with Crippen LogP contribution in [0.2, 0.25) is 0 Å². The molecular weight excluding hydrogens is 324 g/mol. The van der Waals surface area contributed by atoms with Crippen LogP contribution >= 0.6 is 0 Å². The summed E-state index contributed by atoms with van der Waals surface area (Å²) in [5, 5.41) is 2.95. The Balaban J connectivity index is 1.58. The third kappa shape index (κ3) is 6.56. The zero-order chi connectivity index (χ0) is 18.9. The van der Waals surface area contributed by atoms with Crippen LogP contribution in [0.3, 0.4) is 0 Å². The van der Waals surface area contributed by atoms with Crippen molar-refractivity contribution >= 4 is 11.7 Å². The summed E-state index contributed by atoms with van der Waals surface area (Å²) in [5.41, 5.74) is 3.00. The second kappa shape index (κ2) is 10.5. The number of likely N-dealkylation sites (tertiary alicyclic amines) is 1. The quantitative estimate of drug-likeness (QED) is 0.535. The predicted octanol–water partition coefficient (Wildman–Crippen LogP) is 4.04. The highest BCUT2D eigenvalue weighted by molar-refractivity contribution is 5.98. The summed E-state index contributed by atoms with van der Waals surface area (Å²) in [6, 6.07) is 6.43. The zero-order valence-corrected chi connectivity index (χ0v) is 16.6. The normalized spacial score (nSPS) is 17.9. The third-order valence-corrected chi connectivity index (χ3v) is 5.54. The van der Waals surface area contributed by atoms with Gasteiger partial charge in [0.1, 0.15) is 0 Å². The van der Waals surface area contributed by atoms with Gasteiger partial charge in [-0.15, -0.1) is 0 Å². The molecule has 1 atom stereocenters. The molecule has 1 N–H and O–H groups in total. The summed E-state index contributed by atoms with van der Waals surface area (Å²) in [5.74, 6) is 0.0239. The van der Waals surface area contributed by atoms with Crippen molar-refractivity contribution in [1.29, 1.82) is 0 Å². The van der Waals surface area contributed by atoms with Crippen LogP contribution in [0.1, 0.15) is 73.4 Å². The van der Waals surface area contributed by atoms with Crippen LogP contribution in [0, 0.1) is 13.8 Å². The largest absolute Gasteiger partial charge is 0.356 e. The van der Waals surface area contributed by atoms with Crippen LogP contribution < -0.4 is 5.32 Å². The van der Waals surface area contributed by atoms with E-state index in [1.54, 1.807) is 0 Å². The van der Waals surface area contributed by atoms with E-state index >= 15 is 0 Å². The molecule has 144 valence electrons. The minimum Gasteiger partial charge on any atom is -0.356 e. The number of nitrogens with zero attached hydrogens (tertiary/aromatic N) is 1. The number of benzene rings is 1. The van der Waals surface area contributed by atoms with Crippen molar-refractivity contribution in [2.24, 2.45) is 0 Å². The summed E-state index contributed by atoms with van der Waals surface area (Å²) in [7, 11) is 0. The lowest BCUT2D eigenvalue weighted by atomic mass is 10.0. The van der Waals surface area contributed by atoms with Gasteiger partial charge >= 0.3 is 0 Å². The molecule has 26 heavy (non-hydrogen) atoms. The van der Waals surface area contributed by atoms with Gasteiger partial charge in [0.2, 0.25) is 5.91 Å². The van der Waals surface area contributed by atoms with E-state index in [4.69, 9.17) is 0 Å². The maximum atomic E-state index is 12.2. The number of ketones is 1. The summed E-state index contributed by atoms with van der Waals surface area (Å²) < 4.78 is 0. The molecule has 4 heteroatoms. The average molecular weight is 359 g/mol. The van der Waals surface area contributed by atoms with E-state index in [1.165, 1.54) is 31.4 Å². The monoisotopic (exact) mass is 358 g/mol. The van der Waals surface area contributed by atoms with E-state index in [1.807, 2.05) is 32.0 Å². The number of rotatable bonds is 9. The molecule has 2 rings (SSSR count). The van der Waals surface area contributed by atoms with Crippen LogP contribution in [0.4, 0.5) is 0 Å². The number of piperidine rings is 1. The highest BCUT2D eigenvalue weighted by Crippen LogP contribution is 2.16. The Morgan fingerprint density at radius 1 is 1.12 bits per heavy atom. The van der Waals surface area contributed by atoms with Gasteiger partial charge in [0.05, 0.1) is 0 Å². The van der Waals surface area contributed by atoms with Crippen molar-refractivity contribution in [3.63, 3.8) is 0 Å². The zero-order valence-electron chi connectivity index (χ0n) is 16.6. The van der Waals surface area contributed by atoms with E-state index in [0.29, 0.717) is 18.2 Å². The maximum absolute atomic E-state index is 12.2. The Labute approximate surface area is 158 Å². The Morgan fingerprint density at radius 2 is 1.92 bits per heavy atom.